The van der Waals surface area contributed by atoms with Crippen LogP contribution in [0.3, 0.4) is 0 Å². The van der Waals surface area contributed by atoms with Gasteiger partial charge in [0.25, 0.3) is 0 Å². The Kier molecular flexibility index (Phi) is 3.44. The Labute approximate surface area is 117 Å². The van der Waals surface area contributed by atoms with Crippen molar-refractivity contribution in [2.45, 2.75) is 19.4 Å². The van der Waals surface area contributed by atoms with Crippen molar-refractivity contribution >= 4 is 11.0 Å². The Bertz CT molecular complexity index is 740. The van der Waals surface area contributed by atoms with Crippen LogP contribution in [0, 0.1) is 6.92 Å². The summed E-state index contributed by atoms with van der Waals surface area (Å²) in [5.41, 5.74) is 4.90. The lowest BCUT2D eigenvalue weighted by molar-refractivity contribution is 0.178. The van der Waals surface area contributed by atoms with Crippen molar-refractivity contribution in [3.05, 3.63) is 71.5 Å². The summed E-state index contributed by atoms with van der Waals surface area (Å²) in [6.45, 7) is 2.06. The van der Waals surface area contributed by atoms with Crippen molar-refractivity contribution in [2.24, 2.45) is 0 Å². The number of benzene rings is 2. The fourth-order valence-corrected chi connectivity index (χ4v) is 2.35. The van der Waals surface area contributed by atoms with Crippen molar-refractivity contribution < 1.29 is 5.11 Å². The highest BCUT2D eigenvalue weighted by atomic mass is 16.3. The van der Waals surface area contributed by atoms with Gasteiger partial charge in [0, 0.05) is 18.8 Å². The van der Waals surface area contributed by atoms with Gasteiger partial charge in [0.2, 0.25) is 0 Å². The lowest BCUT2D eigenvalue weighted by Gasteiger charge is -2.13. The van der Waals surface area contributed by atoms with Crippen LogP contribution in [0.4, 0.5) is 0 Å². The number of hydrogen-bond acceptors (Lipinski definition) is 3. The molecule has 0 aliphatic rings. The molecule has 1 atom stereocenters. The summed E-state index contributed by atoms with van der Waals surface area (Å²) in [5.74, 6) is 0. The Morgan fingerprint density at radius 2 is 1.75 bits per heavy atom. The van der Waals surface area contributed by atoms with Crippen molar-refractivity contribution in [3.8, 4) is 0 Å². The van der Waals surface area contributed by atoms with Crippen molar-refractivity contribution in [1.29, 1.82) is 0 Å². The second kappa shape index (κ2) is 5.39. The molecule has 20 heavy (non-hydrogen) atoms. The van der Waals surface area contributed by atoms with E-state index in [0.717, 1.165) is 16.6 Å². The van der Waals surface area contributed by atoms with Gasteiger partial charge in [-0.15, -0.1) is 0 Å². The average molecular weight is 264 g/mol. The first-order valence-electron chi connectivity index (χ1n) is 6.67. The molecule has 3 nitrogen and oxygen atoms in total. The second-order valence-electron chi connectivity index (χ2n) is 4.95. The monoisotopic (exact) mass is 264 g/mol. The molecule has 3 heteroatoms. The standard InChI is InChI=1S/C17H16N2O/c1-12-4-2-3-5-13(12)11-17(20)14-6-7-15-16(10-14)19-9-8-18-15/h2-10,17,20H,11H2,1H3. The molecule has 0 amide bonds. The van der Waals surface area contributed by atoms with Crippen molar-refractivity contribution in [3.63, 3.8) is 0 Å². The Morgan fingerprint density at radius 1 is 1.00 bits per heavy atom. The fraction of sp³-hybridized carbons (Fsp3) is 0.176. The number of aliphatic hydroxyl groups excluding tert-OH is 1. The van der Waals surface area contributed by atoms with Gasteiger partial charge in [-0.05, 0) is 35.7 Å². The van der Waals surface area contributed by atoms with Crippen LogP contribution in [0.15, 0.2) is 54.9 Å². The number of rotatable bonds is 3. The maximum atomic E-state index is 10.4. The minimum Gasteiger partial charge on any atom is -0.388 e. The zero-order valence-corrected chi connectivity index (χ0v) is 11.3. The van der Waals surface area contributed by atoms with Gasteiger partial charge in [-0.2, -0.15) is 0 Å². The smallest absolute Gasteiger partial charge is 0.0890 e. The van der Waals surface area contributed by atoms with Crippen molar-refractivity contribution in [1.82, 2.24) is 9.97 Å². The van der Waals surface area contributed by atoms with Gasteiger partial charge in [0.1, 0.15) is 0 Å². The summed E-state index contributed by atoms with van der Waals surface area (Å²) < 4.78 is 0. The number of hydrogen-bond donors (Lipinski definition) is 1. The number of aryl methyl sites for hydroxylation is 1. The summed E-state index contributed by atoms with van der Waals surface area (Å²) in [6, 6.07) is 13.9. The van der Waals surface area contributed by atoms with Gasteiger partial charge >= 0.3 is 0 Å². The van der Waals surface area contributed by atoms with Gasteiger partial charge in [-0.25, -0.2) is 0 Å². The molecule has 0 aliphatic carbocycles. The lowest BCUT2D eigenvalue weighted by Crippen LogP contribution is -2.03. The van der Waals surface area contributed by atoms with Crippen LogP contribution in [0.25, 0.3) is 11.0 Å². The van der Waals surface area contributed by atoms with Gasteiger partial charge in [0.05, 0.1) is 17.1 Å². The van der Waals surface area contributed by atoms with Crippen LogP contribution in [-0.2, 0) is 6.42 Å². The first-order valence-corrected chi connectivity index (χ1v) is 6.67. The van der Waals surface area contributed by atoms with Gasteiger partial charge in [-0.3, -0.25) is 9.97 Å². The highest BCUT2D eigenvalue weighted by molar-refractivity contribution is 5.74. The molecule has 0 saturated heterocycles. The molecule has 0 bridgehead atoms. The van der Waals surface area contributed by atoms with Gasteiger partial charge < -0.3 is 5.11 Å². The predicted molar refractivity (Wildman–Crippen MR) is 79.4 cm³/mol. The molecule has 1 aromatic heterocycles. The van der Waals surface area contributed by atoms with E-state index in [1.807, 2.05) is 30.3 Å². The molecule has 1 N–H and O–H groups in total. The molecule has 100 valence electrons. The molecule has 3 rings (SSSR count). The predicted octanol–water partition coefficient (Wildman–Crippen LogP) is 3.21. The van der Waals surface area contributed by atoms with Gasteiger partial charge in [-0.1, -0.05) is 30.3 Å². The zero-order chi connectivity index (χ0) is 13.9. The number of nitrogens with zero attached hydrogens (tertiary/aromatic N) is 2. The van der Waals surface area contributed by atoms with E-state index in [-0.39, 0.29) is 0 Å². The number of fused-ring (bicyclic) bond motifs is 1. The molecule has 1 unspecified atom stereocenters. The minimum atomic E-state index is -0.525. The van der Waals surface area contributed by atoms with E-state index in [2.05, 4.69) is 29.0 Å². The summed E-state index contributed by atoms with van der Waals surface area (Å²) >= 11 is 0. The third-order valence-corrected chi connectivity index (χ3v) is 3.55. The summed E-state index contributed by atoms with van der Waals surface area (Å²) in [7, 11) is 0. The molecule has 2 aromatic carbocycles. The Morgan fingerprint density at radius 3 is 2.55 bits per heavy atom. The molecule has 3 aromatic rings. The lowest BCUT2D eigenvalue weighted by atomic mass is 9.98. The van der Waals surface area contributed by atoms with E-state index in [0.29, 0.717) is 6.42 Å². The van der Waals surface area contributed by atoms with Gasteiger partial charge in [0.15, 0.2) is 0 Å². The maximum Gasteiger partial charge on any atom is 0.0890 e. The zero-order valence-electron chi connectivity index (χ0n) is 11.3. The van der Waals surface area contributed by atoms with Crippen LogP contribution < -0.4 is 0 Å². The Balaban J connectivity index is 1.89. The molecule has 0 radical (unpaired) electrons. The normalized spacial score (nSPS) is 12.5. The molecule has 0 spiro atoms. The summed E-state index contributed by atoms with van der Waals surface area (Å²) in [6.07, 6.45) is 3.42. The largest absolute Gasteiger partial charge is 0.388 e. The molecule has 0 aliphatic heterocycles. The third kappa shape index (κ3) is 2.53. The highest BCUT2D eigenvalue weighted by Crippen LogP contribution is 2.22. The topological polar surface area (TPSA) is 46.0 Å². The molecule has 1 heterocycles. The number of aliphatic hydroxyl groups is 1. The van der Waals surface area contributed by atoms with E-state index >= 15 is 0 Å². The summed E-state index contributed by atoms with van der Waals surface area (Å²) in [4.78, 5) is 8.51. The highest BCUT2D eigenvalue weighted by Gasteiger charge is 2.11. The Hall–Kier alpha value is -2.26. The van der Waals surface area contributed by atoms with E-state index in [9.17, 15) is 5.11 Å². The molecular formula is C17H16N2O. The molecule has 0 fully saturated rings. The van der Waals surface area contributed by atoms with E-state index in [1.54, 1.807) is 12.4 Å². The number of aromatic nitrogens is 2. The average Bonchev–Trinajstić information content (AvgIpc) is 2.49. The summed E-state index contributed by atoms with van der Waals surface area (Å²) in [5, 5.41) is 10.4. The maximum absolute atomic E-state index is 10.4. The van der Waals surface area contributed by atoms with E-state index in [4.69, 9.17) is 0 Å². The quantitative estimate of drug-likeness (QED) is 0.790. The first-order chi connectivity index (χ1) is 9.74. The van der Waals surface area contributed by atoms with Crippen LogP contribution in [0.5, 0.6) is 0 Å². The second-order valence-corrected chi connectivity index (χ2v) is 4.95. The molecule has 0 saturated carbocycles. The molecular weight excluding hydrogens is 248 g/mol. The van der Waals surface area contributed by atoms with Crippen LogP contribution in [-0.4, -0.2) is 15.1 Å². The van der Waals surface area contributed by atoms with Crippen molar-refractivity contribution in [2.75, 3.05) is 0 Å². The van der Waals surface area contributed by atoms with Crippen LogP contribution in [0.1, 0.15) is 22.8 Å². The van der Waals surface area contributed by atoms with E-state index < -0.39 is 6.10 Å². The third-order valence-electron chi connectivity index (χ3n) is 3.55. The minimum absolute atomic E-state index is 0.525. The van der Waals surface area contributed by atoms with Crippen LogP contribution >= 0.6 is 0 Å². The first kappa shape index (κ1) is 12.8. The SMILES string of the molecule is Cc1ccccc1CC(O)c1ccc2nccnc2c1. The van der Waals surface area contributed by atoms with Crippen LogP contribution in [0.2, 0.25) is 0 Å². The fourth-order valence-electron chi connectivity index (χ4n) is 2.35. The van der Waals surface area contributed by atoms with E-state index in [1.165, 1.54) is 11.1 Å².